The van der Waals surface area contributed by atoms with Gasteiger partial charge in [-0.05, 0) is 6.08 Å². The van der Waals surface area contributed by atoms with E-state index in [1.807, 2.05) is 0 Å². The maximum Gasteiger partial charge on any atom is 0.130 e. The number of hydrogen-bond donors (Lipinski definition) is 5. The number of aliphatic hydroxyl groups excluding tert-OH is 2. The lowest BCUT2D eigenvalue weighted by molar-refractivity contribution is -0.0270. The van der Waals surface area contributed by atoms with Crippen molar-refractivity contribution >= 4 is 5.84 Å². The molecule has 0 aromatic carbocycles. The number of nitrogens with two attached hydrogens (primary N) is 1. The van der Waals surface area contributed by atoms with Crippen molar-refractivity contribution in [2.75, 3.05) is 6.61 Å². The first-order valence-electron chi connectivity index (χ1n) is 4.34. The molecule has 0 saturated carbocycles. The normalized spacial score (nSPS) is 32.3. The SMILES string of the molecule is N=C(N)/C=C\N[C@H]1CC(O)[C@@H](CO)O1. The van der Waals surface area contributed by atoms with E-state index >= 15 is 0 Å². The van der Waals surface area contributed by atoms with E-state index in [9.17, 15) is 5.11 Å². The summed E-state index contributed by atoms with van der Waals surface area (Å²) in [5.41, 5.74) is 5.08. The molecule has 0 spiro atoms. The van der Waals surface area contributed by atoms with E-state index in [-0.39, 0.29) is 18.7 Å². The highest BCUT2D eigenvalue weighted by Gasteiger charge is 2.32. The summed E-state index contributed by atoms with van der Waals surface area (Å²) in [7, 11) is 0. The van der Waals surface area contributed by atoms with Crippen LogP contribution in [0, 0.1) is 5.41 Å². The number of ether oxygens (including phenoxy) is 1. The zero-order valence-electron chi connectivity index (χ0n) is 7.68. The number of amidine groups is 1. The molecule has 0 radical (unpaired) electrons. The summed E-state index contributed by atoms with van der Waals surface area (Å²) < 4.78 is 5.23. The highest BCUT2D eigenvalue weighted by molar-refractivity contribution is 5.88. The van der Waals surface area contributed by atoms with E-state index in [1.165, 1.54) is 12.3 Å². The van der Waals surface area contributed by atoms with Gasteiger partial charge in [0.2, 0.25) is 0 Å². The zero-order valence-corrected chi connectivity index (χ0v) is 7.68. The van der Waals surface area contributed by atoms with E-state index in [1.54, 1.807) is 0 Å². The van der Waals surface area contributed by atoms with Gasteiger partial charge in [-0.25, -0.2) is 0 Å². The van der Waals surface area contributed by atoms with Crippen LogP contribution < -0.4 is 11.1 Å². The van der Waals surface area contributed by atoms with Crippen LogP contribution in [-0.2, 0) is 4.74 Å². The van der Waals surface area contributed by atoms with Crippen LogP contribution in [0.1, 0.15) is 6.42 Å². The average molecular weight is 201 g/mol. The van der Waals surface area contributed by atoms with Crippen LogP contribution in [-0.4, -0.2) is 41.1 Å². The first-order chi connectivity index (χ1) is 6.63. The molecule has 0 bridgehead atoms. The molecular formula is C8H15N3O3. The molecule has 14 heavy (non-hydrogen) atoms. The average Bonchev–Trinajstić information content (AvgIpc) is 2.45. The number of nitrogens with one attached hydrogen (secondary N) is 2. The molecule has 0 aromatic rings. The Balaban J connectivity index is 2.31. The molecule has 1 heterocycles. The Bertz CT molecular complexity index is 232. The summed E-state index contributed by atoms with van der Waals surface area (Å²) in [6.07, 6.45) is 1.76. The lowest BCUT2D eigenvalue weighted by Gasteiger charge is -2.11. The molecule has 1 unspecified atom stereocenters. The van der Waals surface area contributed by atoms with Crippen LogP contribution in [0.4, 0.5) is 0 Å². The Labute approximate surface area is 81.9 Å². The molecule has 6 N–H and O–H groups in total. The van der Waals surface area contributed by atoms with Gasteiger partial charge in [0, 0.05) is 12.6 Å². The van der Waals surface area contributed by atoms with E-state index < -0.39 is 12.2 Å². The Hall–Kier alpha value is -1.11. The van der Waals surface area contributed by atoms with Crippen LogP contribution in [0.2, 0.25) is 0 Å². The molecule has 1 aliphatic heterocycles. The zero-order chi connectivity index (χ0) is 10.6. The second kappa shape index (κ2) is 4.94. The predicted octanol–water partition coefficient (Wildman–Crippen LogP) is -1.51. The third-order valence-electron chi connectivity index (χ3n) is 1.95. The maximum absolute atomic E-state index is 9.35. The Morgan fingerprint density at radius 1 is 1.71 bits per heavy atom. The highest BCUT2D eigenvalue weighted by atomic mass is 16.5. The molecule has 1 aliphatic rings. The third-order valence-corrected chi connectivity index (χ3v) is 1.95. The van der Waals surface area contributed by atoms with Crippen molar-refractivity contribution in [2.45, 2.75) is 24.9 Å². The molecule has 80 valence electrons. The van der Waals surface area contributed by atoms with Gasteiger partial charge in [-0.15, -0.1) is 0 Å². The van der Waals surface area contributed by atoms with Gasteiger partial charge in [0.15, 0.2) is 0 Å². The molecule has 6 heteroatoms. The standard InChI is InChI=1S/C8H15N3O3/c9-7(10)1-2-11-8-3-5(13)6(4-12)14-8/h1-2,5-6,8,11-13H,3-4H2,(H3,9,10)/b2-1-/t5?,6-,8-/m1/s1. The van der Waals surface area contributed by atoms with Crippen molar-refractivity contribution in [2.24, 2.45) is 5.73 Å². The van der Waals surface area contributed by atoms with Gasteiger partial charge in [0.05, 0.1) is 12.7 Å². The van der Waals surface area contributed by atoms with E-state index in [0.29, 0.717) is 6.42 Å². The van der Waals surface area contributed by atoms with Crippen LogP contribution in [0.5, 0.6) is 0 Å². The molecule has 0 aromatic heterocycles. The van der Waals surface area contributed by atoms with Gasteiger partial charge < -0.3 is 26.0 Å². The summed E-state index contributed by atoms with van der Waals surface area (Å²) in [4.78, 5) is 0. The van der Waals surface area contributed by atoms with Crippen molar-refractivity contribution in [1.82, 2.24) is 5.32 Å². The number of aliphatic hydroxyl groups is 2. The van der Waals surface area contributed by atoms with Gasteiger partial charge in [0.25, 0.3) is 0 Å². The summed E-state index contributed by atoms with van der Waals surface area (Å²) in [5.74, 6) is -0.0604. The van der Waals surface area contributed by atoms with Crippen LogP contribution in [0.15, 0.2) is 12.3 Å². The van der Waals surface area contributed by atoms with Crippen molar-refractivity contribution in [3.05, 3.63) is 12.3 Å². The Morgan fingerprint density at radius 2 is 2.43 bits per heavy atom. The Kier molecular flexibility index (Phi) is 3.87. The van der Waals surface area contributed by atoms with E-state index in [2.05, 4.69) is 5.32 Å². The van der Waals surface area contributed by atoms with Gasteiger partial charge >= 0.3 is 0 Å². The number of hydrogen-bond acceptors (Lipinski definition) is 5. The summed E-state index contributed by atoms with van der Waals surface area (Å²) in [6.45, 7) is -0.199. The molecule has 1 fully saturated rings. The fourth-order valence-electron chi connectivity index (χ4n) is 1.25. The first-order valence-corrected chi connectivity index (χ1v) is 4.34. The minimum absolute atomic E-state index is 0.0604. The maximum atomic E-state index is 9.35. The van der Waals surface area contributed by atoms with E-state index in [4.69, 9.17) is 21.0 Å². The van der Waals surface area contributed by atoms with Gasteiger partial charge in [0.1, 0.15) is 18.2 Å². The van der Waals surface area contributed by atoms with Crippen LogP contribution >= 0.6 is 0 Å². The molecular weight excluding hydrogens is 186 g/mol. The van der Waals surface area contributed by atoms with Gasteiger partial charge in [-0.3, -0.25) is 5.41 Å². The number of rotatable bonds is 4. The van der Waals surface area contributed by atoms with Crippen molar-refractivity contribution in [3.8, 4) is 0 Å². The van der Waals surface area contributed by atoms with Crippen molar-refractivity contribution in [3.63, 3.8) is 0 Å². The molecule has 1 saturated heterocycles. The van der Waals surface area contributed by atoms with Crippen molar-refractivity contribution in [1.29, 1.82) is 5.41 Å². The summed E-state index contributed by atoms with van der Waals surface area (Å²) >= 11 is 0. The quantitative estimate of drug-likeness (QED) is 0.280. The minimum Gasteiger partial charge on any atom is -0.394 e. The third kappa shape index (κ3) is 2.99. The lowest BCUT2D eigenvalue weighted by Crippen LogP contribution is -2.26. The fraction of sp³-hybridized carbons (Fsp3) is 0.625. The monoisotopic (exact) mass is 201 g/mol. The summed E-state index contributed by atoms with van der Waals surface area (Å²) in [5, 5.41) is 27.9. The topological polar surface area (TPSA) is 112 Å². The highest BCUT2D eigenvalue weighted by Crippen LogP contribution is 2.17. The summed E-state index contributed by atoms with van der Waals surface area (Å²) in [6, 6.07) is 0. The lowest BCUT2D eigenvalue weighted by atomic mass is 10.2. The molecule has 0 amide bonds. The molecule has 1 rings (SSSR count). The Morgan fingerprint density at radius 3 is 2.93 bits per heavy atom. The second-order valence-electron chi connectivity index (χ2n) is 3.10. The largest absolute Gasteiger partial charge is 0.394 e. The molecule has 6 nitrogen and oxygen atoms in total. The van der Waals surface area contributed by atoms with Crippen molar-refractivity contribution < 1.29 is 14.9 Å². The first kappa shape index (κ1) is 11.0. The molecule has 3 atom stereocenters. The fourth-order valence-corrected chi connectivity index (χ4v) is 1.25. The van der Waals surface area contributed by atoms with Gasteiger partial charge in [-0.2, -0.15) is 0 Å². The van der Waals surface area contributed by atoms with E-state index in [0.717, 1.165) is 0 Å². The second-order valence-corrected chi connectivity index (χ2v) is 3.10. The predicted molar refractivity (Wildman–Crippen MR) is 50.6 cm³/mol. The smallest absolute Gasteiger partial charge is 0.130 e. The minimum atomic E-state index is -0.650. The van der Waals surface area contributed by atoms with Crippen LogP contribution in [0.3, 0.4) is 0 Å². The molecule has 0 aliphatic carbocycles. The van der Waals surface area contributed by atoms with Gasteiger partial charge in [-0.1, -0.05) is 0 Å². The van der Waals surface area contributed by atoms with Crippen LogP contribution in [0.25, 0.3) is 0 Å².